The molecule has 1 aliphatic carbocycles. The van der Waals surface area contributed by atoms with Crippen LogP contribution in [0.25, 0.3) is 0 Å². The molecule has 3 nitrogen and oxygen atoms in total. The minimum atomic E-state index is 0.719. The van der Waals surface area contributed by atoms with Crippen LogP contribution in [0.15, 0.2) is 10.6 Å². The number of nitrogens with one attached hydrogen (secondary N) is 1. The second kappa shape index (κ2) is 4.79. The summed E-state index contributed by atoms with van der Waals surface area (Å²) in [6.07, 6.45) is 6.66. The SMILES string of the molecule is CC(C)CCc1cnc(CNC2CC2)o1. The van der Waals surface area contributed by atoms with Crippen LogP contribution in [0.2, 0.25) is 0 Å². The van der Waals surface area contributed by atoms with Crippen LogP contribution in [-0.4, -0.2) is 11.0 Å². The summed E-state index contributed by atoms with van der Waals surface area (Å²) in [7, 11) is 0. The van der Waals surface area contributed by atoms with Crippen LogP contribution in [0.1, 0.15) is 44.8 Å². The number of rotatable bonds is 6. The van der Waals surface area contributed by atoms with E-state index in [4.69, 9.17) is 4.42 Å². The largest absolute Gasteiger partial charge is 0.444 e. The molecule has 0 unspecified atom stereocenters. The second-order valence-corrected chi connectivity index (χ2v) is 4.81. The molecule has 0 saturated heterocycles. The van der Waals surface area contributed by atoms with Crippen molar-refractivity contribution in [3.63, 3.8) is 0 Å². The fourth-order valence-electron chi connectivity index (χ4n) is 1.50. The Balaban J connectivity index is 1.75. The molecule has 0 atom stereocenters. The molecule has 0 aliphatic heterocycles. The molecule has 0 radical (unpaired) electrons. The molecule has 0 spiro atoms. The van der Waals surface area contributed by atoms with Crippen molar-refractivity contribution in [3.05, 3.63) is 17.8 Å². The second-order valence-electron chi connectivity index (χ2n) is 4.81. The first-order valence-electron chi connectivity index (χ1n) is 5.91. The molecule has 15 heavy (non-hydrogen) atoms. The van der Waals surface area contributed by atoms with Gasteiger partial charge < -0.3 is 9.73 Å². The first kappa shape index (κ1) is 10.7. The summed E-state index contributed by atoms with van der Waals surface area (Å²) >= 11 is 0. The van der Waals surface area contributed by atoms with Gasteiger partial charge in [-0.05, 0) is 25.2 Å². The first-order chi connectivity index (χ1) is 7.24. The molecule has 1 aromatic heterocycles. The van der Waals surface area contributed by atoms with Crippen LogP contribution in [-0.2, 0) is 13.0 Å². The summed E-state index contributed by atoms with van der Waals surface area (Å²) < 4.78 is 5.64. The molecular formula is C12H20N2O. The van der Waals surface area contributed by atoms with Gasteiger partial charge in [-0.2, -0.15) is 0 Å². The minimum Gasteiger partial charge on any atom is -0.444 e. The summed E-state index contributed by atoms with van der Waals surface area (Å²) in [5, 5.41) is 3.39. The van der Waals surface area contributed by atoms with E-state index in [-0.39, 0.29) is 0 Å². The van der Waals surface area contributed by atoms with E-state index in [1.807, 2.05) is 6.20 Å². The van der Waals surface area contributed by atoms with E-state index < -0.39 is 0 Å². The fourth-order valence-corrected chi connectivity index (χ4v) is 1.50. The van der Waals surface area contributed by atoms with Crippen LogP contribution in [0.3, 0.4) is 0 Å². The monoisotopic (exact) mass is 208 g/mol. The number of hydrogen-bond donors (Lipinski definition) is 1. The Morgan fingerprint density at radius 3 is 3.00 bits per heavy atom. The molecule has 1 N–H and O–H groups in total. The molecule has 3 heteroatoms. The third kappa shape index (κ3) is 3.67. The first-order valence-corrected chi connectivity index (χ1v) is 5.91. The zero-order chi connectivity index (χ0) is 10.7. The van der Waals surface area contributed by atoms with Crippen molar-refractivity contribution in [2.75, 3.05) is 0 Å². The molecule has 1 aromatic rings. The van der Waals surface area contributed by atoms with Crippen molar-refractivity contribution in [1.82, 2.24) is 10.3 Å². The maximum Gasteiger partial charge on any atom is 0.208 e. The van der Waals surface area contributed by atoms with E-state index in [9.17, 15) is 0 Å². The average molecular weight is 208 g/mol. The molecule has 2 rings (SSSR count). The van der Waals surface area contributed by atoms with Gasteiger partial charge in [0, 0.05) is 12.5 Å². The highest BCUT2D eigenvalue weighted by Gasteiger charge is 2.20. The van der Waals surface area contributed by atoms with Crippen molar-refractivity contribution in [2.24, 2.45) is 5.92 Å². The maximum absolute atomic E-state index is 5.64. The topological polar surface area (TPSA) is 38.1 Å². The van der Waals surface area contributed by atoms with Crippen molar-refractivity contribution >= 4 is 0 Å². The van der Waals surface area contributed by atoms with Crippen LogP contribution in [0.5, 0.6) is 0 Å². The Morgan fingerprint density at radius 2 is 2.33 bits per heavy atom. The van der Waals surface area contributed by atoms with Gasteiger partial charge >= 0.3 is 0 Å². The number of aryl methyl sites for hydroxylation is 1. The van der Waals surface area contributed by atoms with Gasteiger partial charge in [-0.1, -0.05) is 13.8 Å². The quantitative estimate of drug-likeness (QED) is 0.780. The third-order valence-electron chi connectivity index (χ3n) is 2.69. The standard InChI is InChI=1S/C12H20N2O/c1-9(2)3-6-11-7-14-12(15-11)8-13-10-4-5-10/h7,9-10,13H,3-6,8H2,1-2H3. The summed E-state index contributed by atoms with van der Waals surface area (Å²) in [5.41, 5.74) is 0. The van der Waals surface area contributed by atoms with Crippen molar-refractivity contribution in [1.29, 1.82) is 0 Å². The molecule has 1 saturated carbocycles. The average Bonchev–Trinajstić information content (AvgIpc) is 2.92. The van der Waals surface area contributed by atoms with Gasteiger partial charge in [-0.15, -0.1) is 0 Å². The van der Waals surface area contributed by atoms with Gasteiger partial charge in [0.1, 0.15) is 5.76 Å². The molecule has 1 aliphatic rings. The number of hydrogen-bond acceptors (Lipinski definition) is 3. The molecule has 84 valence electrons. The van der Waals surface area contributed by atoms with E-state index >= 15 is 0 Å². The van der Waals surface area contributed by atoms with E-state index in [0.717, 1.165) is 36.6 Å². The lowest BCUT2D eigenvalue weighted by atomic mass is 10.1. The van der Waals surface area contributed by atoms with Crippen molar-refractivity contribution < 1.29 is 4.42 Å². The molecule has 0 bridgehead atoms. The molecule has 0 amide bonds. The zero-order valence-electron chi connectivity index (χ0n) is 9.62. The van der Waals surface area contributed by atoms with Crippen LogP contribution >= 0.6 is 0 Å². The highest BCUT2D eigenvalue weighted by atomic mass is 16.4. The Labute approximate surface area is 91.3 Å². The van der Waals surface area contributed by atoms with Crippen LogP contribution in [0, 0.1) is 5.92 Å². The molecule has 1 fully saturated rings. The molecule has 1 heterocycles. The molecule has 0 aromatic carbocycles. The van der Waals surface area contributed by atoms with Gasteiger partial charge in [0.15, 0.2) is 0 Å². The lowest BCUT2D eigenvalue weighted by Gasteiger charge is -2.00. The van der Waals surface area contributed by atoms with E-state index in [2.05, 4.69) is 24.1 Å². The molecular weight excluding hydrogens is 188 g/mol. The minimum absolute atomic E-state index is 0.719. The summed E-state index contributed by atoms with van der Waals surface area (Å²) in [6.45, 7) is 5.24. The van der Waals surface area contributed by atoms with Crippen molar-refractivity contribution in [2.45, 2.75) is 52.1 Å². The summed E-state index contributed by atoms with van der Waals surface area (Å²) in [6, 6.07) is 0.719. The predicted octanol–water partition coefficient (Wildman–Crippen LogP) is 2.52. The number of oxazole rings is 1. The number of aromatic nitrogens is 1. The number of nitrogens with zero attached hydrogens (tertiary/aromatic N) is 1. The lowest BCUT2D eigenvalue weighted by molar-refractivity contribution is 0.421. The van der Waals surface area contributed by atoms with Gasteiger partial charge in [-0.25, -0.2) is 4.98 Å². The normalized spacial score (nSPS) is 16.2. The Bertz CT molecular complexity index is 282. The van der Waals surface area contributed by atoms with Gasteiger partial charge in [-0.3, -0.25) is 0 Å². The van der Waals surface area contributed by atoms with Gasteiger partial charge in [0.25, 0.3) is 0 Å². The lowest BCUT2D eigenvalue weighted by Crippen LogP contribution is -2.15. The Kier molecular flexibility index (Phi) is 3.41. The van der Waals surface area contributed by atoms with E-state index in [1.54, 1.807) is 0 Å². The Morgan fingerprint density at radius 1 is 1.53 bits per heavy atom. The summed E-state index contributed by atoms with van der Waals surface area (Å²) in [5.74, 6) is 2.58. The highest BCUT2D eigenvalue weighted by molar-refractivity contribution is 4.95. The van der Waals surface area contributed by atoms with Gasteiger partial charge in [0.05, 0.1) is 12.7 Å². The zero-order valence-corrected chi connectivity index (χ0v) is 9.62. The van der Waals surface area contributed by atoms with Crippen LogP contribution in [0.4, 0.5) is 0 Å². The highest BCUT2D eigenvalue weighted by Crippen LogP contribution is 2.19. The fraction of sp³-hybridized carbons (Fsp3) is 0.750. The maximum atomic E-state index is 5.64. The summed E-state index contributed by atoms with van der Waals surface area (Å²) in [4.78, 5) is 4.26. The van der Waals surface area contributed by atoms with E-state index in [1.165, 1.54) is 19.3 Å². The third-order valence-corrected chi connectivity index (χ3v) is 2.69. The smallest absolute Gasteiger partial charge is 0.208 e. The van der Waals surface area contributed by atoms with Gasteiger partial charge in [0.2, 0.25) is 5.89 Å². The predicted molar refractivity (Wildman–Crippen MR) is 59.5 cm³/mol. The van der Waals surface area contributed by atoms with Crippen LogP contribution < -0.4 is 5.32 Å². The van der Waals surface area contributed by atoms with Crippen molar-refractivity contribution in [3.8, 4) is 0 Å². The Hall–Kier alpha value is -0.830. The van der Waals surface area contributed by atoms with E-state index in [0.29, 0.717) is 0 Å².